The highest BCUT2D eigenvalue weighted by Gasteiger charge is 2.28. The molecule has 2 heterocycles. The Kier molecular flexibility index (Phi) is 3.33. The maximum atomic E-state index is 12.3. The quantitative estimate of drug-likeness (QED) is 0.862. The average molecular weight is 341 g/mol. The van der Waals surface area contributed by atoms with Gasteiger partial charge in [-0.1, -0.05) is 11.6 Å². The summed E-state index contributed by atoms with van der Waals surface area (Å²) in [4.78, 5) is 16.4. The van der Waals surface area contributed by atoms with E-state index in [2.05, 4.69) is 26.2 Å². The van der Waals surface area contributed by atoms with Gasteiger partial charge in [0.25, 0.3) is 5.91 Å². The van der Waals surface area contributed by atoms with Crippen LogP contribution >= 0.6 is 27.5 Å². The van der Waals surface area contributed by atoms with Crippen LogP contribution < -0.4 is 5.32 Å². The molecule has 0 spiro atoms. The van der Waals surface area contributed by atoms with E-state index >= 15 is 0 Å². The fraction of sp³-hybridized carbons (Fsp3) is 0.231. The monoisotopic (exact) mass is 339 g/mol. The molecule has 0 radical (unpaired) electrons. The number of nitrogens with zero attached hydrogens (tertiary/aromatic N) is 2. The van der Waals surface area contributed by atoms with Gasteiger partial charge in [-0.05, 0) is 47.0 Å². The normalized spacial score (nSPS) is 14.4. The molecule has 0 bridgehead atoms. The highest BCUT2D eigenvalue weighted by molar-refractivity contribution is 9.10. The molecule has 3 rings (SSSR count). The van der Waals surface area contributed by atoms with E-state index in [0.29, 0.717) is 27.0 Å². The third-order valence-electron chi connectivity index (χ3n) is 3.00. The van der Waals surface area contributed by atoms with Gasteiger partial charge in [-0.15, -0.1) is 0 Å². The minimum Gasteiger partial charge on any atom is -0.339 e. The zero-order valence-electron chi connectivity index (χ0n) is 9.94. The standard InChI is InChI=1S/C13H11BrClN3O/c14-12-10(2-1-5-16-12)17-13(19)11-6-8(15)7-18(11)9-3-4-9/h1-2,5-7,9H,3-4H2,(H,17,19). The van der Waals surface area contributed by atoms with Crippen LogP contribution in [-0.4, -0.2) is 15.5 Å². The summed E-state index contributed by atoms with van der Waals surface area (Å²) >= 11 is 9.30. The minimum atomic E-state index is -0.174. The summed E-state index contributed by atoms with van der Waals surface area (Å²) < 4.78 is 2.56. The van der Waals surface area contributed by atoms with Gasteiger partial charge in [0.15, 0.2) is 0 Å². The van der Waals surface area contributed by atoms with E-state index in [9.17, 15) is 4.79 Å². The maximum Gasteiger partial charge on any atom is 0.272 e. The lowest BCUT2D eigenvalue weighted by Crippen LogP contribution is -2.16. The second-order valence-corrected chi connectivity index (χ2v) is 5.67. The van der Waals surface area contributed by atoms with E-state index < -0.39 is 0 Å². The van der Waals surface area contributed by atoms with E-state index in [1.54, 1.807) is 24.4 Å². The van der Waals surface area contributed by atoms with Crippen molar-refractivity contribution in [2.24, 2.45) is 0 Å². The summed E-state index contributed by atoms with van der Waals surface area (Å²) in [6.07, 6.45) is 5.67. The Balaban J connectivity index is 1.86. The summed E-state index contributed by atoms with van der Waals surface area (Å²) in [5.41, 5.74) is 1.23. The van der Waals surface area contributed by atoms with E-state index in [4.69, 9.17) is 11.6 Å². The highest BCUT2D eigenvalue weighted by Crippen LogP contribution is 2.37. The van der Waals surface area contributed by atoms with Crippen molar-refractivity contribution in [3.05, 3.63) is 45.9 Å². The Bertz CT molecular complexity index is 637. The number of halogens is 2. The molecule has 98 valence electrons. The lowest BCUT2D eigenvalue weighted by Gasteiger charge is -2.09. The molecule has 0 atom stereocenters. The van der Waals surface area contributed by atoms with Gasteiger partial charge in [0.1, 0.15) is 10.3 Å². The first-order chi connectivity index (χ1) is 9.15. The molecule has 2 aromatic heterocycles. The number of amides is 1. The summed E-state index contributed by atoms with van der Waals surface area (Å²) in [6, 6.07) is 5.67. The van der Waals surface area contributed by atoms with Crippen LogP contribution in [0, 0.1) is 0 Å². The number of carbonyl (C=O) groups is 1. The van der Waals surface area contributed by atoms with Gasteiger partial charge in [-0.2, -0.15) is 0 Å². The Labute approximate surface area is 123 Å². The van der Waals surface area contributed by atoms with E-state index in [-0.39, 0.29) is 5.91 Å². The van der Waals surface area contributed by atoms with Gasteiger partial charge in [-0.25, -0.2) is 4.98 Å². The molecule has 2 aromatic rings. The van der Waals surface area contributed by atoms with Crippen LogP contribution in [0.3, 0.4) is 0 Å². The molecule has 1 aliphatic carbocycles. The summed E-state index contributed by atoms with van der Waals surface area (Å²) in [6.45, 7) is 0. The third kappa shape index (κ3) is 2.67. The van der Waals surface area contributed by atoms with Gasteiger partial charge in [0.2, 0.25) is 0 Å². The Morgan fingerprint density at radius 3 is 3.00 bits per heavy atom. The van der Waals surface area contributed by atoms with Gasteiger partial charge < -0.3 is 9.88 Å². The number of hydrogen-bond donors (Lipinski definition) is 1. The number of carbonyl (C=O) groups excluding carboxylic acids is 1. The molecule has 1 aliphatic rings. The lowest BCUT2D eigenvalue weighted by atomic mass is 10.3. The zero-order chi connectivity index (χ0) is 13.4. The van der Waals surface area contributed by atoms with Crippen LogP contribution in [0.2, 0.25) is 5.02 Å². The van der Waals surface area contributed by atoms with Crippen LogP contribution in [-0.2, 0) is 0 Å². The predicted octanol–water partition coefficient (Wildman–Crippen LogP) is 3.89. The van der Waals surface area contributed by atoms with Crippen molar-refractivity contribution in [3.8, 4) is 0 Å². The molecular formula is C13H11BrClN3O. The summed E-state index contributed by atoms with van der Waals surface area (Å²) in [5.74, 6) is -0.174. The molecule has 1 fully saturated rings. The van der Waals surface area contributed by atoms with Crippen LogP contribution in [0.1, 0.15) is 29.4 Å². The number of rotatable bonds is 3. The van der Waals surface area contributed by atoms with Crippen molar-refractivity contribution in [2.75, 3.05) is 5.32 Å². The fourth-order valence-electron chi connectivity index (χ4n) is 1.95. The zero-order valence-corrected chi connectivity index (χ0v) is 12.3. The summed E-state index contributed by atoms with van der Waals surface area (Å²) in [5, 5.41) is 3.42. The number of pyridine rings is 1. The van der Waals surface area contributed by atoms with Crippen LogP contribution in [0.4, 0.5) is 5.69 Å². The van der Waals surface area contributed by atoms with Gasteiger partial charge in [-0.3, -0.25) is 4.79 Å². The highest BCUT2D eigenvalue weighted by atomic mass is 79.9. The summed E-state index contributed by atoms with van der Waals surface area (Å²) in [7, 11) is 0. The molecule has 0 saturated heterocycles. The second kappa shape index (κ2) is 4.98. The van der Waals surface area contributed by atoms with Crippen molar-refractivity contribution < 1.29 is 4.79 Å². The molecule has 6 heteroatoms. The molecule has 1 N–H and O–H groups in total. The van der Waals surface area contributed by atoms with Gasteiger partial charge in [0.05, 0.1) is 10.7 Å². The molecule has 0 aliphatic heterocycles. The molecule has 0 aromatic carbocycles. The number of nitrogens with one attached hydrogen (secondary N) is 1. The number of anilines is 1. The molecule has 0 unspecified atom stereocenters. The fourth-order valence-corrected chi connectivity index (χ4v) is 2.51. The topological polar surface area (TPSA) is 46.9 Å². The first-order valence-electron chi connectivity index (χ1n) is 5.94. The molecule has 1 amide bonds. The van der Waals surface area contributed by atoms with Crippen molar-refractivity contribution >= 4 is 39.1 Å². The lowest BCUT2D eigenvalue weighted by molar-refractivity contribution is 0.101. The number of aromatic nitrogens is 2. The van der Waals surface area contributed by atoms with Crippen molar-refractivity contribution in [1.82, 2.24) is 9.55 Å². The number of hydrogen-bond acceptors (Lipinski definition) is 2. The average Bonchev–Trinajstić information content (AvgIpc) is 3.15. The van der Waals surface area contributed by atoms with Gasteiger partial charge in [0, 0.05) is 18.4 Å². The Hall–Kier alpha value is -1.33. The first-order valence-corrected chi connectivity index (χ1v) is 7.11. The maximum absolute atomic E-state index is 12.3. The van der Waals surface area contributed by atoms with E-state index in [1.165, 1.54) is 0 Å². The van der Waals surface area contributed by atoms with Crippen LogP contribution in [0.15, 0.2) is 35.2 Å². The first kappa shape index (κ1) is 12.7. The smallest absolute Gasteiger partial charge is 0.272 e. The minimum absolute atomic E-state index is 0.174. The van der Waals surface area contributed by atoms with Crippen molar-refractivity contribution in [3.63, 3.8) is 0 Å². The SMILES string of the molecule is O=C(Nc1cccnc1Br)c1cc(Cl)cn1C1CC1. The predicted molar refractivity (Wildman–Crippen MR) is 77.6 cm³/mol. The van der Waals surface area contributed by atoms with Crippen LogP contribution in [0.5, 0.6) is 0 Å². The third-order valence-corrected chi connectivity index (χ3v) is 3.83. The van der Waals surface area contributed by atoms with Crippen molar-refractivity contribution in [2.45, 2.75) is 18.9 Å². The van der Waals surface area contributed by atoms with E-state index in [1.807, 2.05) is 10.8 Å². The Morgan fingerprint density at radius 2 is 2.32 bits per heavy atom. The second-order valence-electron chi connectivity index (χ2n) is 4.48. The van der Waals surface area contributed by atoms with Crippen molar-refractivity contribution in [1.29, 1.82) is 0 Å². The Morgan fingerprint density at radius 1 is 1.53 bits per heavy atom. The molecule has 1 saturated carbocycles. The van der Waals surface area contributed by atoms with Gasteiger partial charge >= 0.3 is 0 Å². The molecular weight excluding hydrogens is 330 g/mol. The van der Waals surface area contributed by atoms with E-state index in [0.717, 1.165) is 12.8 Å². The van der Waals surface area contributed by atoms with Crippen LogP contribution in [0.25, 0.3) is 0 Å². The molecule has 19 heavy (non-hydrogen) atoms. The largest absolute Gasteiger partial charge is 0.339 e. The molecule has 4 nitrogen and oxygen atoms in total.